The van der Waals surface area contributed by atoms with Gasteiger partial charge in [0.2, 0.25) is 0 Å². The molecule has 0 radical (unpaired) electrons. The van der Waals surface area contributed by atoms with E-state index in [-0.39, 0.29) is 0 Å². The van der Waals surface area contributed by atoms with E-state index in [0.717, 1.165) is 19.0 Å². The number of aromatic nitrogens is 2. The standard InChI is InChI=1S/C9H15N3/c1-2-8(1)3-4-10-5-9-6-11-7-12-9/h6-8,10H,1-5H2,(H,11,12). The minimum absolute atomic E-state index is 0.923. The van der Waals surface area contributed by atoms with Crippen LogP contribution in [-0.2, 0) is 6.54 Å². The molecule has 0 aliphatic heterocycles. The molecule has 0 saturated heterocycles. The van der Waals surface area contributed by atoms with Crippen molar-refractivity contribution in [1.82, 2.24) is 15.3 Å². The number of rotatable bonds is 5. The summed E-state index contributed by atoms with van der Waals surface area (Å²) in [5.41, 5.74) is 1.17. The first-order chi connectivity index (χ1) is 5.95. The van der Waals surface area contributed by atoms with Crippen molar-refractivity contribution in [3.05, 3.63) is 18.2 Å². The molecule has 1 aliphatic carbocycles. The van der Waals surface area contributed by atoms with Crippen molar-refractivity contribution in [1.29, 1.82) is 0 Å². The van der Waals surface area contributed by atoms with Crippen molar-refractivity contribution in [3.8, 4) is 0 Å². The number of aromatic amines is 1. The largest absolute Gasteiger partial charge is 0.347 e. The van der Waals surface area contributed by atoms with Gasteiger partial charge < -0.3 is 10.3 Å². The predicted molar refractivity (Wildman–Crippen MR) is 47.6 cm³/mol. The number of imidazole rings is 1. The molecule has 0 unspecified atom stereocenters. The summed E-state index contributed by atoms with van der Waals surface area (Å²) in [4.78, 5) is 7.02. The van der Waals surface area contributed by atoms with Gasteiger partial charge in [0.15, 0.2) is 0 Å². The van der Waals surface area contributed by atoms with Crippen LogP contribution in [-0.4, -0.2) is 16.5 Å². The van der Waals surface area contributed by atoms with Gasteiger partial charge in [-0.2, -0.15) is 0 Å². The Morgan fingerprint density at radius 2 is 2.50 bits per heavy atom. The Bertz CT molecular complexity index is 214. The molecule has 1 saturated carbocycles. The summed E-state index contributed by atoms with van der Waals surface area (Å²) in [5.74, 6) is 1.03. The van der Waals surface area contributed by atoms with Gasteiger partial charge >= 0.3 is 0 Å². The van der Waals surface area contributed by atoms with E-state index in [1.807, 2.05) is 6.20 Å². The molecule has 66 valence electrons. The summed E-state index contributed by atoms with van der Waals surface area (Å²) in [6.07, 6.45) is 7.83. The van der Waals surface area contributed by atoms with Crippen molar-refractivity contribution in [2.24, 2.45) is 5.92 Å². The van der Waals surface area contributed by atoms with Gasteiger partial charge in [0, 0.05) is 18.4 Å². The van der Waals surface area contributed by atoms with Crippen LogP contribution in [0.5, 0.6) is 0 Å². The molecule has 12 heavy (non-hydrogen) atoms. The van der Waals surface area contributed by atoms with Gasteiger partial charge in [0.05, 0.1) is 6.33 Å². The summed E-state index contributed by atoms with van der Waals surface area (Å²) in [6.45, 7) is 2.07. The highest BCUT2D eigenvalue weighted by Crippen LogP contribution is 2.31. The second-order valence-electron chi connectivity index (χ2n) is 3.49. The SMILES string of the molecule is c1ncc(CNCCC2CC2)[nH]1. The number of H-pyrrole nitrogens is 1. The highest BCUT2D eigenvalue weighted by molar-refractivity contribution is 4.93. The van der Waals surface area contributed by atoms with E-state index in [1.54, 1.807) is 6.33 Å². The monoisotopic (exact) mass is 165 g/mol. The van der Waals surface area contributed by atoms with Crippen LogP contribution in [0.2, 0.25) is 0 Å². The van der Waals surface area contributed by atoms with Crippen molar-refractivity contribution in [2.45, 2.75) is 25.8 Å². The highest BCUT2D eigenvalue weighted by atomic mass is 14.9. The van der Waals surface area contributed by atoms with Gasteiger partial charge in [-0.05, 0) is 18.9 Å². The first-order valence-electron chi connectivity index (χ1n) is 4.63. The third-order valence-electron chi connectivity index (χ3n) is 2.30. The third-order valence-corrected chi connectivity index (χ3v) is 2.30. The van der Waals surface area contributed by atoms with Crippen LogP contribution in [0, 0.1) is 5.92 Å². The zero-order chi connectivity index (χ0) is 8.23. The number of nitrogens with one attached hydrogen (secondary N) is 2. The van der Waals surface area contributed by atoms with Crippen LogP contribution in [0.4, 0.5) is 0 Å². The maximum atomic E-state index is 3.95. The van der Waals surface area contributed by atoms with Crippen LogP contribution in [0.25, 0.3) is 0 Å². The Morgan fingerprint density at radius 1 is 1.58 bits per heavy atom. The summed E-state index contributed by atoms with van der Waals surface area (Å²) >= 11 is 0. The van der Waals surface area contributed by atoms with Gasteiger partial charge in [-0.15, -0.1) is 0 Å². The molecule has 1 aromatic heterocycles. The molecule has 3 heteroatoms. The van der Waals surface area contributed by atoms with Gasteiger partial charge in [-0.1, -0.05) is 12.8 Å². The van der Waals surface area contributed by atoms with Crippen molar-refractivity contribution < 1.29 is 0 Å². The molecule has 0 atom stereocenters. The lowest BCUT2D eigenvalue weighted by Gasteiger charge is -2.00. The van der Waals surface area contributed by atoms with E-state index in [0.29, 0.717) is 0 Å². The fourth-order valence-corrected chi connectivity index (χ4v) is 1.32. The van der Waals surface area contributed by atoms with Crippen LogP contribution in [0.3, 0.4) is 0 Å². The molecule has 2 rings (SSSR count). The molecule has 1 aromatic rings. The minimum atomic E-state index is 0.923. The van der Waals surface area contributed by atoms with E-state index < -0.39 is 0 Å². The predicted octanol–water partition coefficient (Wildman–Crippen LogP) is 1.30. The summed E-state index contributed by atoms with van der Waals surface area (Å²) in [6, 6.07) is 0. The molecule has 3 nitrogen and oxygen atoms in total. The maximum Gasteiger partial charge on any atom is 0.0922 e. The average molecular weight is 165 g/mol. The Kier molecular flexibility index (Phi) is 2.42. The lowest BCUT2D eigenvalue weighted by molar-refractivity contribution is 0.608. The van der Waals surface area contributed by atoms with Gasteiger partial charge in [-0.3, -0.25) is 0 Å². The molecule has 1 fully saturated rings. The van der Waals surface area contributed by atoms with Gasteiger partial charge in [0.25, 0.3) is 0 Å². The first-order valence-corrected chi connectivity index (χ1v) is 4.63. The second kappa shape index (κ2) is 3.72. The van der Waals surface area contributed by atoms with Crippen molar-refractivity contribution in [2.75, 3.05) is 6.54 Å². The number of hydrogen-bond acceptors (Lipinski definition) is 2. The van der Waals surface area contributed by atoms with Crippen LogP contribution >= 0.6 is 0 Å². The quantitative estimate of drug-likeness (QED) is 0.646. The molecule has 0 bridgehead atoms. The molecular weight excluding hydrogens is 150 g/mol. The molecule has 2 N–H and O–H groups in total. The minimum Gasteiger partial charge on any atom is -0.347 e. The Labute approximate surface area is 72.6 Å². The lowest BCUT2D eigenvalue weighted by atomic mass is 10.3. The Balaban J connectivity index is 1.56. The first kappa shape index (κ1) is 7.80. The average Bonchev–Trinajstić information content (AvgIpc) is 2.76. The fourth-order valence-electron chi connectivity index (χ4n) is 1.32. The van der Waals surface area contributed by atoms with E-state index in [1.165, 1.54) is 25.0 Å². The fraction of sp³-hybridized carbons (Fsp3) is 0.667. The number of hydrogen-bond donors (Lipinski definition) is 2. The van der Waals surface area contributed by atoms with Crippen LogP contribution in [0.1, 0.15) is 25.0 Å². The zero-order valence-corrected chi connectivity index (χ0v) is 7.21. The molecule has 0 aromatic carbocycles. The molecule has 1 heterocycles. The normalized spacial score (nSPS) is 16.7. The summed E-state index contributed by atoms with van der Waals surface area (Å²) in [5, 5.41) is 3.39. The summed E-state index contributed by atoms with van der Waals surface area (Å²) in [7, 11) is 0. The van der Waals surface area contributed by atoms with Crippen LogP contribution < -0.4 is 5.32 Å². The molecule has 1 aliphatic rings. The maximum absolute atomic E-state index is 3.95. The van der Waals surface area contributed by atoms with Crippen LogP contribution in [0.15, 0.2) is 12.5 Å². The van der Waals surface area contributed by atoms with Crippen molar-refractivity contribution in [3.63, 3.8) is 0 Å². The van der Waals surface area contributed by atoms with E-state index in [4.69, 9.17) is 0 Å². The van der Waals surface area contributed by atoms with E-state index in [9.17, 15) is 0 Å². The highest BCUT2D eigenvalue weighted by Gasteiger charge is 2.19. The Hall–Kier alpha value is -0.830. The molecule has 0 amide bonds. The molecular formula is C9H15N3. The van der Waals surface area contributed by atoms with E-state index in [2.05, 4.69) is 15.3 Å². The second-order valence-corrected chi connectivity index (χ2v) is 3.49. The number of nitrogens with zero attached hydrogens (tertiary/aromatic N) is 1. The van der Waals surface area contributed by atoms with Gasteiger partial charge in [0.1, 0.15) is 0 Å². The van der Waals surface area contributed by atoms with Crippen molar-refractivity contribution >= 4 is 0 Å². The smallest absolute Gasteiger partial charge is 0.0922 e. The topological polar surface area (TPSA) is 40.7 Å². The molecule has 0 spiro atoms. The third kappa shape index (κ3) is 2.34. The van der Waals surface area contributed by atoms with E-state index >= 15 is 0 Å². The Morgan fingerprint density at radius 3 is 3.17 bits per heavy atom. The lowest BCUT2D eigenvalue weighted by Crippen LogP contribution is -2.15. The van der Waals surface area contributed by atoms with Gasteiger partial charge in [-0.25, -0.2) is 4.98 Å². The summed E-state index contributed by atoms with van der Waals surface area (Å²) < 4.78 is 0. The zero-order valence-electron chi connectivity index (χ0n) is 7.21.